The van der Waals surface area contributed by atoms with Crippen LogP contribution in [0.3, 0.4) is 0 Å². The SMILES string of the molecule is CCCCN(CCC)C(=O)N/C=C/c1ccc(Cl)cc1. The molecule has 0 fully saturated rings. The van der Waals surface area contributed by atoms with Gasteiger partial charge in [0.05, 0.1) is 0 Å². The standard InChI is InChI=1S/C16H23ClN2O/c1-3-5-13-19(12-4-2)16(20)18-11-10-14-6-8-15(17)9-7-14/h6-11H,3-5,12-13H2,1-2H3,(H,18,20)/b11-10+. The lowest BCUT2D eigenvalue weighted by Gasteiger charge is -2.21. The Morgan fingerprint density at radius 3 is 2.50 bits per heavy atom. The fraction of sp³-hybridized carbons (Fsp3) is 0.438. The Morgan fingerprint density at radius 2 is 1.90 bits per heavy atom. The summed E-state index contributed by atoms with van der Waals surface area (Å²) < 4.78 is 0. The van der Waals surface area contributed by atoms with Crippen LogP contribution in [0.25, 0.3) is 6.08 Å². The molecule has 1 aromatic carbocycles. The molecular formula is C16H23ClN2O. The number of nitrogens with one attached hydrogen (secondary N) is 1. The van der Waals surface area contributed by atoms with Crippen LogP contribution >= 0.6 is 11.6 Å². The first-order valence-corrected chi connectivity index (χ1v) is 7.52. The van der Waals surface area contributed by atoms with Gasteiger partial charge in [-0.05, 0) is 36.6 Å². The predicted octanol–water partition coefficient (Wildman–Crippen LogP) is 4.53. The predicted molar refractivity (Wildman–Crippen MR) is 85.8 cm³/mol. The minimum Gasteiger partial charge on any atom is -0.325 e. The maximum Gasteiger partial charge on any atom is 0.321 e. The molecule has 0 saturated heterocycles. The van der Waals surface area contributed by atoms with E-state index in [9.17, 15) is 4.79 Å². The first-order valence-electron chi connectivity index (χ1n) is 7.15. The van der Waals surface area contributed by atoms with E-state index in [2.05, 4.69) is 19.2 Å². The highest BCUT2D eigenvalue weighted by Gasteiger charge is 2.09. The molecule has 0 bridgehead atoms. The Hall–Kier alpha value is -1.48. The van der Waals surface area contributed by atoms with Crippen LogP contribution in [0.4, 0.5) is 4.79 Å². The number of halogens is 1. The smallest absolute Gasteiger partial charge is 0.321 e. The van der Waals surface area contributed by atoms with Crippen molar-refractivity contribution in [3.05, 3.63) is 41.1 Å². The molecule has 1 aromatic rings. The highest BCUT2D eigenvalue weighted by Crippen LogP contribution is 2.10. The Balaban J connectivity index is 2.48. The number of nitrogens with zero attached hydrogens (tertiary/aromatic N) is 1. The molecule has 0 aliphatic heterocycles. The van der Waals surface area contributed by atoms with Gasteiger partial charge < -0.3 is 10.2 Å². The lowest BCUT2D eigenvalue weighted by Crippen LogP contribution is -2.38. The van der Waals surface area contributed by atoms with Gasteiger partial charge in [0.15, 0.2) is 0 Å². The number of unbranched alkanes of at least 4 members (excludes halogenated alkanes) is 1. The first-order chi connectivity index (χ1) is 9.67. The highest BCUT2D eigenvalue weighted by atomic mass is 35.5. The summed E-state index contributed by atoms with van der Waals surface area (Å²) in [6.45, 7) is 5.81. The number of carbonyl (C=O) groups excluding carboxylic acids is 1. The third-order valence-electron chi connectivity index (χ3n) is 2.91. The van der Waals surface area contributed by atoms with Crippen LogP contribution in [0.1, 0.15) is 38.7 Å². The number of urea groups is 1. The van der Waals surface area contributed by atoms with Crippen molar-refractivity contribution < 1.29 is 4.79 Å². The molecule has 0 unspecified atom stereocenters. The van der Waals surface area contributed by atoms with Gasteiger partial charge in [-0.3, -0.25) is 0 Å². The highest BCUT2D eigenvalue weighted by molar-refractivity contribution is 6.30. The van der Waals surface area contributed by atoms with Crippen molar-refractivity contribution in [2.24, 2.45) is 0 Å². The summed E-state index contributed by atoms with van der Waals surface area (Å²) in [4.78, 5) is 13.9. The van der Waals surface area contributed by atoms with Crippen LogP contribution in [-0.4, -0.2) is 24.0 Å². The monoisotopic (exact) mass is 294 g/mol. The number of hydrogen-bond donors (Lipinski definition) is 1. The minimum absolute atomic E-state index is 0.0366. The van der Waals surface area contributed by atoms with E-state index in [1.807, 2.05) is 35.2 Å². The Labute approximate surface area is 126 Å². The fourth-order valence-corrected chi connectivity index (χ4v) is 1.93. The largest absolute Gasteiger partial charge is 0.325 e. The zero-order valence-electron chi connectivity index (χ0n) is 12.2. The molecule has 0 atom stereocenters. The molecule has 4 heteroatoms. The number of amides is 2. The minimum atomic E-state index is -0.0366. The van der Waals surface area contributed by atoms with E-state index in [1.165, 1.54) is 0 Å². The van der Waals surface area contributed by atoms with E-state index in [0.717, 1.165) is 37.9 Å². The summed E-state index contributed by atoms with van der Waals surface area (Å²) >= 11 is 5.82. The molecule has 110 valence electrons. The van der Waals surface area contributed by atoms with Gasteiger partial charge in [-0.15, -0.1) is 0 Å². The third-order valence-corrected chi connectivity index (χ3v) is 3.17. The normalized spacial score (nSPS) is 10.8. The van der Waals surface area contributed by atoms with E-state index in [0.29, 0.717) is 5.02 Å². The number of hydrogen-bond acceptors (Lipinski definition) is 1. The maximum absolute atomic E-state index is 12.0. The molecule has 2 amide bonds. The van der Waals surface area contributed by atoms with Crippen LogP contribution in [0.2, 0.25) is 5.02 Å². The lowest BCUT2D eigenvalue weighted by atomic mass is 10.2. The van der Waals surface area contributed by atoms with Crippen LogP contribution in [0.5, 0.6) is 0 Å². The van der Waals surface area contributed by atoms with Crippen LogP contribution in [0.15, 0.2) is 30.5 Å². The van der Waals surface area contributed by atoms with Gasteiger partial charge in [0, 0.05) is 24.3 Å². The average molecular weight is 295 g/mol. The van der Waals surface area contributed by atoms with Gasteiger partial charge in [0.1, 0.15) is 0 Å². The van der Waals surface area contributed by atoms with Crippen molar-refractivity contribution in [3.63, 3.8) is 0 Å². The van der Waals surface area contributed by atoms with Gasteiger partial charge in [-0.25, -0.2) is 4.79 Å². The van der Waals surface area contributed by atoms with Crippen molar-refractivity contribution in [2.45, 2.75) is 33.1 Å². The molecule has 1 rings (SSSR count). The molecule has 1 N–H and O–H groups in total. The van der Waals surface area contributed by atoms with Gasteiger partial charge in [0.2, 0.25) is 0 Å². The topological polar surface area (TPSA) is 32.3 Å². The number of carbonyl (C=O) groups is 1. The van der Waals surface area contributed by atoms with Crippen LogP contribution < -0.4 is 5.32 Å². The number of benzene rings is 1. The van der Waals surface area contributed by atoms with E-state index >= 15 is 0 Å². The number of rotatable bonds is 7. The van der Waals surface area contributed by atoms with Crippen molar-refractivity contribution in [1.82, 2.24) is 10.2 Å². The summed E-state index contributed by atoms with van der Waals surface area (Å²) in [6, 6.07) is 7.43. The van der Waals surface area contributed by atoms with E-state index in [1.54, 1.807) is 6.20 Å². The van der Waals surface area contributed by atoms with Crippen molar-refractivity contribution in [1.29, 1.82) is 0 Å². The maximum atomic E-state index is 12.0. The van der Waals surface area contributed by atoms with Crippen LogP contribution in [0, 0.1) is 0 Å². The summed E-state index contributed by atoms with van der Waals surface area (Å²) in [5, 5.41) is 3.52. The molecule has 0 spiro atoms. The molecule has 0 saturated carbocycles. The van der Waals surface area contributed by atoms with Crippen molar-refractivity contribution in [2.75, 3.05) is 13.1 Å². The van der Waals surface area contributed by atoms with Gasteiger partial charge in [-0.2, -0.15) is 0 Å². The molecule has 0 aliphatic carbocycles. The Bertz CT molecular complexity index is 429. The molecule has 20 heavy (non-hydrogen) atoms. The summed E-state index contributed by atoms with van der Waals surface area (Å²) in [5.41, 5.74) is 1.00. The Morgan fingerprint density at radius 1 is 1.20 bits per heavy atom. The molecule has 0 radical (unpaired) electrons. The zero-order valence-corrected chi connectivity index (χ0v) is 13.0. The second-order valence-electron chi connectivity index (χ2n) is 4.67. The van der Waals surface area contributed by atoms with Crippen molar-refractivity contribution in [3.8, 4) is 0 Å². The molecule has 3 nitrogen and oxygen atoms in total. The van der Waals surface area contributed by atoms with Crippen LogP contribution in [-0.2, 0) is 0 Å². The molecule has 0 aromatic heterocycles. The van der Waals surface area contributed by atoms with E-state index < -0.39 is 0 Å². The summed E-state index contributed by atoms with van der Waals surface area (Å²) in [6.07, 6.45) is 6.64. The quantitative estimate of drug-likeness (QED) is 0.787. The van der Waals surface area contributed by atoms with Crippen molar-refractivity contribution >= 4 is 23.7 Å². The average Bonchev–Trinajstić information content (AvgIpc) is 2.45. The second-order valence-corrected chi connectivity index (χ2v) is 5.11. The summed E-state index contributed by atoms with van der Waals surface area (Å²) in [5.74, 6) is 0. The van der Waals surface area contributed by atoms with Gasteiger partial charge in [0.25, 0.3) is 0 Å². The third kappa shape index (κ3) is 6.11. The lowest BCUT2D eigenvalue weighted by molar-refractivity contribution is 0.200. The Kier molecular flexibility index (Phi) is 7.81. The van der Waals surface area contributed by atoms with Gasteiger partial charge in [-0.1, -0.05) is 44.0 Å². The molecule has 0 aliphatic rings. The fourth-order valence-electron chi connectivity index (χ4n) is 1.81. The summed E-state index contributed by atoms with van der Waals surface area (Å²) in [7, 11) is 0. The second kappa shape index (κ2) is 9.43. The van der Waals surface area contributed by atoms with E-state index in [4.69, 9.17) is 11.6 Å². The molecular weight excluding hydrogens is 272 g/mol. The zero-order chi connectivity index (χ0) is 14.8. The van der Waals surface area contributed by atoms with Gasteiger partial charge >= 0.3 is 6.03 Å². The van der Waals surface area contributed by atoms with E-state index in [-0.39, 0.29) is 6.03 Å². The molecule has 0 heterocycles. The first kappa shape index (κ1) is 16.6.